The van der Waals surface area contributed by atoms with Crippen molar-refractivity contribution in [3.05, 3.63) is 29.8 Å². The van der Waals surface area contributed by atoms with Crippen LogP contribution in [0.3, 0.4) is 0 Å². The molecular weight excluding hydrogens is 286 g/mol. The Kier molecular flexibility index (Phi) is 6.36. The van der Waals surface area contributed by atoms with Gasteiger partial charge in [-0.15, -0.1) is 0 Å². The van der Waals surface area contributed by atoms with Gasteiger partial charge in [-0.05, 0) is 31.7 Å². The number of benzene rings is 1. The summed E-state index contributed by atoms with van der Waals surface area (Å²) in [7, 11) is -3.42. The van der Waals surface area contributed by atoms with Crippen LogP contribution in [0.25, 0.3) is 0 Å². The monoisotopic (exact) mass is 305 g/mol. The highest BCUT2D eigenvalue weighted by molar-refractivity contribution is 7.91. The molecule has 0 spiro atoms. The summed E-state index contributed by atoms with van der Waals surface area (Å²) in [5, 5.41) is 17.6. The van der Waals surface area contributed by atoms with Crippen LogP contribution in [0, 0.1) is 28.6 Å². The molecular formula is C15H19N3O2S. The maximum Gasteiger partial charge on any atom is 0.179 e. The van der Waals surface area contributed by atoms with Gasteiger partial charge in [-0.25, -0.2) is 8.42 Å². The van der Waals surface area contributed by atoms with Gasteiger partial charge >= 0.3 is 0 Å². The third-order valence-electron chi connectivity index (χ3n) is 3.20. The highest BCUT2D eigenvalue weighted by Crippen LogP contribution is 2.13. The Bertz CT molecular complexity index is 656. The zero-order valence-corrected chi connectivity index (χ0v) is 13.1. The summed E-state index contributed by atoms with van der Waals surface area (Å²) in [6, 6.07) is 10.1. The van der Waals surface area contributed by atoms with Crippen LogP contribution in [0.1, 0.15) is 19.4 Å². The van der Waals surface area contributed by atoms with Gasteiger partial charge in [-0.1, -0.05) is 13.0 Å². The van der Waals surface area contributed by atoms with E-state index in [1.807, 2.05) is 24.8 Å². The van der Waals surface area contributed by atoms with Gasteiger partial charge in [0.15, 0.2) is 9.84 Å². The summed E-state index contributed by atoms with van der Waals surface area (Å²) in [4.78, 5) is 2.12. The lowest BCUT2D eigenvalue weighted by molar-refractivity contribution is 0.283. The molecule has 0 bridgehead atoms. The van der Waals surface area contributed by atoms with Crippen LogP contribution < -0.4 is 0 Å². The Morgan fingerprint density at radius 2 is 2.05 bits per heavy atom. The molecule has 0 saturated heterocycles. The van der Waals surface area contributed by atoms with E-state index in [1.54, 1.807) is 12.1 Å². The summed E-state index contributed by atoms with van der Waals surface area (Å²) >= 11 is 0. The summed E-state index contributed by atoms with van der Waals surface area (Å²) in [5.74, 6) is -0.150. The Morgan fingerprint density at radius 1 is 1.33 bits per heavy atom. The van der Waals surface area contributed by atoms with Gasteiger partial charge in [0.1, 0.15) is 0 Å². The molecule has 1 unspecified atom stereocenters. The van der Waals surface area contributed by atoms with Gasteiger partial charge in [-0.3, -0.25) is 0 Å². The van der Waals surface area contributed by atoms with E-state index in [-0.39, 0.29) is 16.6 Å². The van der Waals surface area contributed by atoms with Crippen LogP contribution >= 0.6 is 0 Å². The normalized spacial score (nSPS) is 12.6. The van der Waals surface area contributed by atoms with Crippen LogP contribution in [-0.4, -0.2) is 38.7 Å². The zero-order chi connectivity index (χ0) is 15.9. The van der Waals surface area contributed by atoms with E-state index in [4.69, 9.17) is 10.5 Å². The quantitative estimate of drug-likeness (QED) is 0.767. The smallest absolute Gasteiger partial charge is 0.179 e. The van der Waals surface area contributed by atoms with Crippen molar-refractivity contribution in [1.29, 1.82) is 10.5 Å². The van der Waals surface area contributed by atoms with E-state index in [2.05, 4.69) is 6.07 Å². The first-order valence-corrected chi connectivity index (χ1v) is 8.43. The highest BCUT2D eigenvalue weighted by Gasteiger charge is 2.17. The molecule has 1 aromatic carbocycles. The predicted octanol–water partition coefficient (Wildman–Crippen LogP) is 1.81. The SMILES string of the molecule is CCN(CCS(=O)(=O)c1cccc(C#N)c1)CC(C)C#N. The van der Waals surface area contributed by atoms with E-state index in [0.717, 1.165) is 0 Å². The molecule has 0 fully saturated rings. The number of nitrogens with zero attached hydrogens (tertiary/aromatic N) is 3. The molecule has 0 aliphatic rings. The van der Waals surface area contributed by atoms with E-state index >= 15 is 0 Å². The summed E-state index contributed by atoms with van der Waals surface area (Å²) in [6.07, 6.45) is 0. The molecule has 1 aromatic rings. The standard InChI is InChI=1S/C15H19N3O2S/c1-3-18(12-13(2)10-16)7-8-21(19,20)15-6-4-5-14(9-15)11-17/h4-6,9,13H,3,7-8,12H2,1-2H3. The lowest BCUT2D eigenvalue weighted by Gasteiger charge is -2.21. The average Bonchev–Trinajstić information content (AvgIpc) is 2.51. The number of nitriles is 2. The molecule has 0 aliphatic carbocycles. The molecule has 21 heavy (non-hydrogen) atoms. The lowest BCUT2D eigenvalue weighted by atomic mass is 10.2. The molecule has 1 rings (SSSR count). The molecule has 0 N–H and O–H groups in total. The largest absolute Gasteiger partial charge is 0.301 e. The lowest BCUT2D eigenvalue weighted by Crippen LogP contribution is -2.32. The van der Waals surface area contributed by atoms with Crippen LogP contribution in [0.2, 0.25) is 0 Å². The second-order valence-electron chi connectivity index (χ2n) is 4.88. The Labute approximate surface area is 126 Å². The van der Waals surface area contributed by atoms with Crippen molar-refractivity contribution in [2.75, 3.05) is 25.4 Å². The maximum atomic E-state index is 12.3. The first-order chi connectivity index (χ1) is 9.92. The summed E-state index contributed by atoms with van der Waals surface area (Å²) in [5.41, 5.74) is 0.335. The average molecular weight is 305 g/mol. The van der Waals surface area contributed by atoms with Crippen LogP contribution in [0.4, 0.5) is 0 Å². The Hall–Kier alpha value is -1.89. The molecule has 0 aromatic heterocycles. The van der Waals surface area contributed by atoms with Crippen LogP contribution in [0.15, 0.2) is 29.2 Å². The maximum absolute atomic E-state index is 12.3. The molecule has 112 valence electrons. The molecule has 0 amide bonds. The number of hydrogen-bond donors (Lipinski definition) is 0. The fraction of sp³-hybridized carbons (Fsp3) is 0.467. The van der Waals surface area contributed by atoms with Crippen molar-refractivity contribution in [2.24, 2.45) is 5.92 Å². The van der Waals surface area contributed by atoms with E-state index < -0.39 is 9.84 Å². The minimum Gasteiger partial charge on any atom is -0.301 e. The summed E-state index contributed by atoms with van der Waals surface area (Å²) in [6.45, 7) is 5.38. The zero-order valence-electron chi connectivity index (χ0n) is 12.3. The van der Waals surface area contributed by atoms with Crippen molar-refractivity contribution >= 4 is 9.84 Å². The Morgan fingerprint density at radius 3 is 2.62 bits per heavy atom. The number of sulfone groups is 1. The van der Waals surface area contributed by atoms with Gasteiger partial charge in [0.05, 0.1) is 34.3 Å². The van der Waals surface area contributed by atoms with Crippen LogP contribution in [0.5, 0.6) is 0 Å². The van der Waals surface area contributed by atoms with Gasteiger partial charge in [-0.2, -0.15) is 10.5 Å². The molecule has 1 atom stereocenters. The van der Waals surface area contributed by atoms with Gasteiger partial charge < -0.3 is 4.90 Å². The molecule has 0 heterocycles. The topological polar surface area (TPSA) is 85.0 Å². The Balaban J connectivity index is 2.76. The van der Waals surface area contributed by atoms with Crippen molar-refractivity contribution in [2.45, 2.75) is 18.7 Å². The van der Waals surface area contributed by atoms with Crippen molar-refractivity contribution in [3.8, 4) is 12.1 Å². The first-order valence-electron chi connectivity index (χ1n) is 6.77. The highest BCUT2D eigenvalue weighted by atomic mass is 32.2. The molecule has 5 nitrogen and oxygen atoms in total. The second kappa shape index (κ2) is 7.78. The fourth-order valence-electron chi connectivity index (χ4n) is 1.93. The first kappa shape index (κ1) is 17.2. The third-order valence-corrected chi connectivity index (χ3v) is 4.89. The summed E-state index contributed by atoms with van der Waals surface area (Å²) < 4.78 is 24.5. The fourth-order valence-corrected chi connectivity index (χ4v) is 3.26. The minimum atomic E-state index is -3.42. The molecule has 0 radical (unpaired) electrons. The molecule has 0 aliphatic heterocycles. The van der Waals surface area contributed by atoms with Crippen LogP contribution in [-0.2, 0) is 9.84 Å². The minimum absolute atomic E-state index is 0.0200. The third kappa shape index (κ3) is 5.18. The van der Waals surface area contributed by atoms with E-state index in [1.165, 1.54) is 12.1 Å². The van der Waals surface area contributed by atoms with Gasteiger partial charge in [0.2, 0.25) is 0 Å². The predicted molar refractivity (Wildman–Crippen MR) is 80.1 cm³/mol. The van der Waals surface area contributed by atoms with Gasteiger partial charge in [0, 0.05) is 13.1 Å². The van der Waals surface area contributed by atoms with Crippen molar-refractivity contribution in [3.63, 3.8) is 0 Å². The number of rotatable bonds is 7. The second-order valence-corrected chi connectivity index (χ2v) is 6.99. The van der Waals surface area contributed by atoms with Crippen molar-refractivity contribution in [1.82, 2.24) is 4.90 Å². The van der Waals surface area contributed by atoms with E-state index in [9.17, 15) is 8.42 Å². The number of hydrogen-bond acceptors (Lipinski definition) is 5. The molecule has 6 heteroatoms. The van der Waals surface area contributed by atoms with E-state index in [0.29, 0.717) is 25.2 Å². The van der Waals surface area contributed by atoms with Gasteiger partial charge in [0.25, 0.3) is 0 Å². The van der Waals surface area contributed by atoms with Crippen molar-refractivity contribution < 1.29 is 8.42 Å². The molecule has 0 saturated carbocycles.